The van der Waals surface area contributed by atoms with Crippen molar-refractivity contribution < 1.29 is 19.1 Å². The molecule has 0 saturated carbocycles. The van der Waals surface area contributed by atoms with Crippen molar-refractivity contribution in [1.29, 1.82) is 0 Å². The normalized spacial score (nSPS) is 10.9. The Morgan fingerprint density at radius 1 is 0.914 bits per heavy atom. The number of hydrogen-bond donors (Lipinski definition) is 2. The zero-order valence-electron chi connectivity index (χ0n) is 19.4. The number of carboxylic acids is 1. The van der Waals surface area contributed by atoms with Crippen LogP contribution in [0.4, 0.5) is 4.39 Å². The molecule has 2 N–H and O–H groups in total. The minimum Gasteiger partial charge on any atom is -0.481 e. The summed E-state index contributed by atoms with van der Waals surface area (Å²) in [6.45, 7) is 2.43. The van der Waals surface area contributed by atoms with Gasteiger partial charge in [0.15, 0.2) is 0 Å². The smallest absolute Gasteiger partial charge is 0.303 e. The number of rotatable bonds is 9. The number of hydrogen-bond acceptors (Lipinski definition) is 4. The van der Waals surface area contributed by atoms with Gasteiger partial charge in [0, 0.05) is 24.1 Å². The molecule has 7 heteroatoms. The lowest BCUT2D eigenvalue weighted by Crippen LogP contribution is -2.22. The van der Waals surface area contributed by atoms with Crippen molar-refractivity contribution in [2.24, 2.45) is 0 Å². The van der Waals surface area contributed by atoms with E-state index >= 15 is 0 Å². The van der Waals surface area contributed by atoms with Crippen LogP contribution >= 0.6 is 0 Å². The summed E-state index contributed by atoms with van der Waals surface area (Å²) in [7, 11) is 0. The lowest BCUT2D eigenvalue weighted by atomic mass is 10.0. The van der Waals surface area contributed by atoms with E-state index in [9.17, 15) is 14.0 Å². The monoisotopic (exact) mass is 471 g/mol. The number of carbonyl (C=O) groups is 2. The molecular formula is C28H26FN3O3. The lowest BCUT2D eigenvalue weighted by Gasteiger charge is -2.11. The molecule has 1 amide bonds. The molecule has 0 unspecified atom stereocenters. The lowest BCUT2D eigenvalue weighted by molar-refractivity contribution is -0.137. The summed E-state index contributed by atoms with van der Waals surface area (Å²) in [5.41, 5.74) is 5.89. The second-order valence-corrected chi connectivity index (χ2v) is 8.50. The van der Waals surface area contributed by atoms with E-state index in [1.165, 1.54) is 12.1 Å². The molecule has 35 heavy (non-hydrogen) atoms. The Morgan fingerprint density at radius 2 is 1.66 bits per heavy atom. The minimum atomic E-state index is -0.838. The summed E-state index contributed by atoms with van der Waals surface area (Å²) in [6, 6.07) is 19.2. The minimum absolute atomic E-state index is 0.0815. The Balaban J connectivity index is 1.60. The zero-order chi connectivity index (χ0) is 24.8. The van der Waals surface area contributed by atoms with Gasteiger partial charge in [0.1, 0.15) is 5.82 Å². The Bertz CT molecular complexity index is 1350. The number of benzene rings is 3. The van der Waals surface area contributed by atoms with Crippen LogP contribution in [-0.2, 0) is 17.8 Å². The van der Waals surface area contributed by atoms with Crippen LogP contribution in [0.3, 0.4) is 0 Å². The first-order valence-corrected chi connectivity index (χ1v) is 11.5. The van der Waals surface area contributed by atoms with Crippen molar-refractivity contribution in [2.45, 2.75) is 39.2 Å². The number of carboxylic acid groups (broad SMARTS) is 1. The van der Waals surface area contributed by atoms with E-state index in [4.69, 9.17) is 15.1 Å². The maximum atomic E-state index is 13.5. The van der Waals surface area contributed by atoms with E-state index in [0.29, 0.717) is 53.8 Å². The number of aryl methyl sites for hydroxylation is 2. The van der Waals surface area contributed by atoms with E-state index < -0.39 is 5.97 Å². The number of amides is 1. The summed E-state index contributed by atoms with van der Waals surface area (Å²) in [5.74, 6) is -1.39. The highest BCUT2D eigenvalue weighted by molar-refractivity contribution is 5.97. The highest BCUT2D eigenvalue weighted by Crippen LogP contribution is 2.26. The summed E-state index contributed by atoms with van der Waals surface area (Å²) < 4.78 is 13.5. The van der Waals surface area contributed by atoms with Crippen molar-refractivity contribution in [2.75, 3.05) is 0 Å². The topological polar surface area (TPSA) is 92.2 Å². The van der Waals surface area contributed by atoms with Crippen molar-refractivity contribution >= 4 is 22.9 Å². The summed E-state index contributed by atoms with van der Waals surface area (Å²) in [6.07, 6.45) is 1.74. The number of fused-ring (bicyclic) bond motifs is 1. The van der Waals surface area contributed by atoms with Gasteiger partial charge < -0.3 is 10.4 Å². The maximum absolute atomic E-state index is 13.5. The van der Waals surface area contributed by atoms with Crippen LogP contribution in [0.2, 0.25) is 0 Å². The average molecular weight is 472 g/mol. The van der Waals surface area contributed by atoms with Gasteiger partial charge in [-0.15, -0.1) is 0 Å². The molecule has 0 spiro atoms. The molecule has 4 aromatic rings. The molecule has 0 aliphatic carbocycles. The van der Waals surface area contributed by atoms with Crippen LogP contribution < -0.4 is 5.32 Å². The number of aromatic nitrogens is 2. The summed E-state index contributed by atoms with van der Waals surface area (Å²) in [5, 5.41) is 11.9. The molecule has 0 aliphatic rings. The van der Waals surface area contributed by atoms with Crippen LogP contribution in [0.25, 0.3) is 22.3 Å². The SMILES string of the molecule is Cc1ccc(CNC(=O)c2ccc3nc(-c4ccc(F)cc4)c(CCCCC(=O)O)nc3c2)cc1. The molecule has 0 saturated heterocycles. The van der Waals surface area contributed by atoms with Gasteiger partial charge in [-0.25, -0.2) is 14.4 Å². The highest BCUT2D eigenvalue weighted by atomic mass is 19.1. The third-order valence-electron chi connectivity index (χ3n) is 5.74. The van der Waals surface area contributed by atoms with Gasteiger partial charge in [0.25, 0.3) is 5.91 Å². The van der Waals surface area contributed by atoms with Crippen molar-refractivity contribution in [3.8, 4) is 11.3 Å². The van der Waals surface area contributed by atoms with E-state index in [1.807, 2.05) is 31.2 Å². The average Bonchev–Trinajstić information content (AvgIpc) is 2.85. The molecule has 0 fully saturated rings. The number of halogens is 1. The summed E-state index contributed by atoms with van der Waals surface area (Å²) >= 11 is 0. The van der Waals surface area contributed by atoms with Gasteiger partial charge in [0.2, 0.25) is 0 Å². The maximum Gasteiger partial charge on any atom is 0.303 e. The molecule has 178 valence electrons. The first-order valence-electron chi connectivity index (χ1n) is 11.5. The fourth-order valence-electron chi connectivity index (χ4n) is 3.80. The molecule has 0 aliphatic heterocycles. The third kappa shape index (κ3) is 6.26. The zero-order valence-corrected chi connectivity index (χ0v) is 19.4. The van der Waals surface area contributed by atoms with Crippen LogP contribution in [0.5, 0.6) is 0 Å². The van der Waals surface area contributed by atoms with Crippen molar-refractivity contribution in [3.63, 3.8) is 0 Å². The third-order valence-corrected chi connectivity index (χ3v) is 5.74. The van der Waals surface area contributed by atoms with E-state index in [2.05, 4.69) is 5.32 Å². The van der Waals surface area contributed by atoms with E-state index in [-0.39, 0.29) is 18.1 Å². The fraction of sp³-hybridized carbons (Fsp3) is 0.214. The van der Waals surface area contributed by atoms with Crippen LogP contribution in [0.15, 0.2) is 66.7 Å². The van der Waals surface area contributed by atoms with Gasteiger partial charge >= 0.3 is 5.97 Å². The van der Waals surface area contributed by atoms with E-state index in [1.54, 1.807) is 30.3 Å². The molecule has 1 heterocycles. The Kier molecular flexibility index (Phi) is 7.45. The molecule has 6 nitrogen and oxygen atoms in total. The van der Waals surface area contributed by atoms with Crippen molar-refractivity contribution in [1.82, 2.24) is 15.3 Å². The second kappa shape index (κ2) is 10.9. The first-order chi connectivity index (χ1) is 16.9. The molecule has 0 bridgehead atoms. The molecular weight excluding hydrogens is 445 g/mol. The molecule has 0 radical (unpaired) electrons. The van der Waals surface area contributed by atoms with Gasteiger partial charge in [-0.1, -0.05) is 29.8 Å². The van der Waals surface area contributed by atoms with Crippen molar-refractivity contribution in [3.05, 3.63) is 94.9 Å². The van der Waals surface area contributed by atoms with Crippen LogP contribution in [0.1, 0.15) is 46.4 Å². The van der Waals surface area contributed by atoms with Gasteiger partial charge in [-0.2, -0.15) is 0 Å². The number of carbonyl (C=O) groups excluding carboxylic acids is 1. The van der Waals surface area contributed by atoms with Crippen LogP contribution in [0, 0.1) is 12.7 Å². The largest absolute Gasteiger partial charge is 0.481 e. The number of nitrogens with one attached hydrogen (secondary N) is 1. The predicted octanol–water partition coefficient (Wildman–Crippen LogP) is 5.47. The number of unbranched alkanes of at least 4 members (excludes halogenated alkanes) is 1. The molecule has 4 rings (SSSR count). The first kappa shape index (κ1) is 24.0. The molecule has 0 atom stereocenters. The van der Waals surface area contributed by atoms with Crippen LogP contribution in [-0.4, -0.2) is 27.0 Å². The van der Waals surface area contributed by atoms with Gasteiger partial charge in [0.05, 0.1) is 22.4 Å². The van der Waals surface area contributed by atoms with E-state index in [0.717, 1.165) is 16.7 Å². The standard InChI is InChI=1S/C28H26FN3O3/c1-18-6-8-19(9-7-18)17-30-28(35)21-12-15-23-25(16-21)31-24(4-2-3-5-26(33)34)27(32-23)20-10-13-22(29)14-11-20/h6-16H,2-5,17H2,1H3,(H,30,35)(H,33,34). The second-order valence-electron chi connectivity index (χ2n) is 8.50. The Morgan fingerprint density at radius 3 is 2.37 bits per heavy atom. The molecule has 1 aromatic heterocycles. The highest BCUT2D eigenvalue weighted by Gasteiger charge is 2.14. The van der Waals surface area contributed by atoms with Gasteiger partial charge in [-0.05, 0) is 74.2 Å². The number of nitrogens with zero attached hydrogens (tertiary/aromatic N) is 2. The Hall–Kier alpha value is -4.13. The predicted molar refractivity (Wildman–Crippen MR) is 132 cm³/mol. The quantitative estimate of drug-likeness (QED) is 0.316. The Labute approximate surface area is 202 Å². The number of aliphatic carboxylic acids is 1. The van der Waals surface area contributed by atoms with Gasteiger partial charge in [-0.3, -0.25) is 9.59 Å². The fourth-order valence-corrected chi connectivity index (χ4v) is 3.80. The molecule has 3 aromatic carbocycles. The summed E-state index contributed by atoms with van der Waals surface area (Å²) in [4.78, 5) is 33.2.